The average molecular weight is 507 g/mol. The molecule has 6 rings (SSSR count). The molecule has 1 fully saturated rings. The molecule has 1 unspecified atom stereocenters. The first-order valence-corrected chi connectivity index (χ1v) is 12.4. The fourth-order valence-electron chi connectivity index (χ4n) is 4.95. The summed E-state index contributed by atoms with van der Waals surface area (Å²) in [6.45, 7) is 3.54. The third-order valence-electron chi connectivity index (χ3n) is 6.73. The van der Waals surface area contributed by atoms with E-state index < -0.39 is 6.03 Å². The molecule has 5 aromatic rings. The molecule has 0 aliphatic carbocycles. The van der Waals surface area contributed by atoms with E-state index in [0.29, 0.717) is 23.1 Å². The lowest BCUT2D eigenvalue weighted by atomic mass is 9.98. The fourth-order valence-corrected chi connectivity index (χ4v) is 4.95. The van der Waals surface area contributed by atoms with Gasteiger partial charge in [-0.15, -0.1) is 10.2 Å². The minimum absolute atomic E-state index is 0.283. The van der Waals surface area contributed by atoms with Crippen molar-refractivity contribution in [2.45, 2.75) is 19.3 Å². The summed E-state index contributed by atoms with van der Waals surface area (Å²) in [7, 11) is 0. The number of hydrogen-bond donors (Lipinski definition) is 3. The third kappa shape index (κ3) is 4.83. The number of rotatable bonds is 6. The molecule has 2 amide bonds. The first-order chi connectivity index (χ1) is 18.6. The Balaban J connectivity index is 1.34. The van der Waals surface area contributed by atoms with E-state index in [1.165, 1.54) is 5.56 Å². The van der Waals surface area contributed by atoms with Crippen molar-refractivity contribution in [3.8, 4) is 22.5 Å². The van der Waals surface area contributed by atoms with E-state index in [1.807, 2.05) is 36.4 Å². The lowest BCUT2D eigenvalue weighted by molar-refractivity contribution is 0.261. The van der Waals surface area contributed by atoms with E-state index in [4.69, 9.17) is 4.52 Å². The predicted octanol–water partition coefficient (Wildman–Crippen LogP) is 5.47. The highest BCUT2D eigenvalue weighted by atomic mass is 16.5. The van der Waals surface area contributed by atoms with Crippen LogP contribution in [0.2, 0.25) is 0 Å². The lowest BCUT2D eigenvalue weighted by Crippen LogP contribution is -2.24. The zero-order valence-electron chi connectivity index (χ0n) is 20.8. The fraction of sp³-hybridized carbons (Fsp3) is 0.179. The topological polar surface area (TPSA) is 125 Å². The Kier molecular flexibility index (Phi) is 6.27. The quantitative estimate of drug-likeness (QED) is 0.279. The summed E-state index contributed by atoms with van der Waals surface area (Å²) < 4.78 is 5.16. The Morgan fingerprint density at radius 1 is 1.00 bits per heavy atom. The van der Waals surface area contributed by atoms with Gasteiger partial charge < -0.3 is 14.7 Å². The van der Waals surface area contributed by atoms with Crippen molar-refractivity contribution in [2.24, 2.45) is 0 Å². The van der Waals surface area contributed by atoms with Crippen LogP contribution < -0.4 is 15.5 Å². The van der Waals surface area contributed by atoms with Gasteiger partial charge in [-0.3, -0.25) is 5.32 Å². The Labute approximate surface area is 219 Å². The van der Waals surface area contributed by atoms with Gasteiger partial charge in [-0.2, -0.15) is 5.21 Å². The molecule has 3 heterocycles. The number of carbonyl (C=O) groups is 1. The van der Waals surface area contributed by atoms with Crippen LogP contribution in [0.3, 0.4) is 0 Å². The van der Waals surface area contributed by atoms with E-state index in [0.717, 1.165) is 41.9 Å². The van der Waals surface area contributed by atoms with E-state index >= 15 is 0 Å². The SMILES string of the molecule is Cc1cc(NC(=O)Nc2cc(-c3ccccc3-c3nn[nH]n3)ccc2N2CCC(c3ccccc3)C2)on1. The molecule has 2 aromatic heterocycles. The number of hydrogen-bond acceptors (Lipinski definition) is 7. The highest BCUT2D eigenvalue weighted by Crippen LogP contribution is 2.39. The van der Waals surface area contributed by atoms with Gasteiger partial charge in [-0.25, -0.2) is 4.79 Å². The first-order valence-electron chi connectivity index (χ1n) is 12.4. The van der Waals surface area contributed by atoms with Crippen molar-refractivity contribution >= 4 is 23.3 Å². The molecule has 1 aliphatic heterocycles. The smallest absolute Gasteiger partial charge is 0.326 e. The largest absolute Gasteiger partial charge is 0.369 e. The van der Waals surface area contributed by atoms with Gasteiger partial charge in [0.15, 0.2) is 0 Å². The summed E-state index contributed by atoms with van der Waals surface area (Å²) >= 11 is 0. The van der Waals surface area contributed by atoms with Crippen LogP contribution in [0.25, 0.3) is 22.5 Å². The molecular weight excluding hydrogens is 480 g/mol. The van der Waals surface area contributed by atoms with Crippen molar-refractivity contribution < 1.29 is 9.32 Å². The Morgan fingerprint density at radius 2 is 1.82 bits per heavy atom. The number of benzene rings is 3. The Hall–Kier alpha value is -4.99. The molecule has 0 bridgehead atoms. The van der Waals surface area contributed by atoms with Crippen LogP contribution in [0, 0.1) is 6.92 Å². The van der Waals surface area contributed by atoms with Crippen LogP contribution >= 0.6 is 0 Å². The Morgan fingerprint density at radius 3 is 2.58 bits per heavy atom. The van der Waals surface area contributed by atoms with Gasteiger partial charge in [0, 0.05) is 30.6 Å². The number of aromatic nitrogens is 5. The second kappa shape index (κ2) is 10.2. The second-order valence-electron chi connectivity index (χ2n) is 9.27. The molecule has 10 nitrogen and oxygen atoms in total. The van der Waals surface area contributed by atoms with Gasteiger partial charge in [0.1, 0.15) is 0 Å². The van der Waals surface area contributed by atoms with E-state index in [1.54, 1.807) is 13.0 Å². The van der Waals surface area contributed by atoms with Crippen LogP contribution in [0.5, 0.6) is 0 Å². The Bertz CT molecular complexity index is 1550. The molecule has 3 aromatic carbocycles. The number of aromatic amines is 1. The predicted molar refractivity (Wildman–Crippen MR) is 145 cm³/mol. The van der Waals surface area contributed by atoms with Crippen LogP contribution in [0.15, 0.2) is 83.4 Å². The van der Waals surface area contributed by atoms with Crippen molar-refractivity contribution in [2.75, 3.05) is 28.6 Å². The summed E-state index contributed by atoms with van der Waals surface area (Å²) in [5.41, 5.74) is 6.34. The third-order valence-corrected chi connectivity index (χ3v) is 6.73. The summed E-state index contributed by atoms with van der Waals surface area (Å²) in [6.07, 6.45) is 1.04. The number of aryl methyl sites for hydroxylation is 1. The number of nitrogens with one attached hydrogen (secondary N) is 3. The minimum Gasteiger partial charge on any atom is -0.369 e. The van der Waals surface area contributed by atoms with Gasteiger partial charge >= 0.3 is 6.03 Å². The molecule has 10 heteroatoms. The van der Waals surface area contributed by atoms with Gasteiger partial charge in [0.2, 0.25) is 11.7 Å². The number of carbonyl (C=O) groups excluding carboxylic acids is 1. The van der Waals surface area contributed by atoms with Crippen LogP contribution in [-0.2, 0) is 0 Å². The molecule has 1 aliphatic rings. The van der Waals surface area contributed by atoms with Gasteiger partial charge in [0.05, 0.1) is 17.1 Å². The van der Waals surface area contributed by atoms with E-state index in [2.05, 4.69) is 77.7 Å². The van der Waals surface area contributed by atoms with Gasteiger partial charge in [-0.05, 0) is 47.4 Å². The van der Waals surface area contributed by atoms with Crippen LogP contribution in [-0.4, -0.2) is 44.9 Å². The number of tetrazole rings is 1. The average Bonchev–Trinajstić information content (AvgIpc) is 3.72. The monoisotopic (exact) mass is 506 g/mol. The highest BCUT2D eigenvalue weighted by molar-refractivity contribution is 6.02. The summed E-state index contributed by atoms with van der Waals surface area (Å²) in [5, 5.41) is 24.1. The molecule has 0 saturated carbocycles. The summed E-state index contributed by atoms with van der Waals surface area (Å²) in [6, 6.07) is 25.8. The molecule has 190 valence electrons. The molecular formula is C28H26N8O2. The molecule has 3 N–H and O–H groups in total. The van der Waals surface area contributed by atoms with Gasteiger partial charge in [0.25, 0.3) is 0 Å². The number of anilines is 3. The van der Waals surface area contributed by atoms with E-state index in [-0.39, 0.29) is 5.88 Å². The molecule has 1 saturated heterocycles. The number of nitrogens with zero attached hydrogens (tertiary/aromatic N) is 5. The summed E-state index contributed by atoms with van der Waals surface area (Å²) in [4.78, 5) is 15.3. The van der Waals surface area contributed by atoms with Crippen molar-refractivity contribution in [1.82, 2.24) is 25.8 Å². The maximum atomic E-state index is 13.0. The standard InChI is InChI=1S/C28H26N8O2/c1-18-15-26(38-33-18)30-28(37)29-24-16-20(22-9-5-6-10-23(22)27-31-34-35-32-27)11-12-25(24)36-14-13-21(17-36)19-7-3-2-4-8-19/h2-12,15-16,21H,13-14,17H2,1H3,(H2,29,30,37)(H,31,32,34,35). The first kappa shape index (κ1) is 23.4. The highest BCUT2D eigenvalue weighted by Gasteiger charge is 2.26. The number of amides is 2. The van der Waals surface area contributed by atoms with Crippen molar-refractivity contribution in [3.05, 3.63) is 90.1 Å². The van der Waals surface area contributed by atoms with Crippen LogP contribution in [0.1, 0.15) is 23.6 Å². The molecule has 0 radical (unpaired) electrons. The molecule has 0 spiro atoms. The zero-order valence-corrected chi connectivity index (χ0v) is 20.8. The second-order valence-corrected chi connectivity index (χ2v) is 9.27. The zero-order chi connectivity index (χ0) is 25.9. The summed E-state index contributed by atoms with van der Waals surface area (Å²) in [5.74, 6) is 1.21. The minimum atomic E-state index is -0.412. The number of H-pyrrole nitrogens is 1. The number of urea groups is 1. The van der Waals surface area contributed by atoms with Crippen LogP contribution in [0.4, 0.5) is 22.1 Å². The van der Waals surface area contributed by atoms with E-state index in [9.17, 15) is 4.79 Å². The molecule has 1 atom stereocenters. The normalized spacial score (nSPS) is 15.0. The maximum absolute atomic E-state index is 13.0. The van der Waals surface area contributed by atoms with Crippen molar-refractivity contribution in [3.63, 3.8) is 0 Å². The lowest BCUT2D eigenvalue weighted by Gasteiger charge is -2.23. The van der Waals surface area contributed by atoms with Crippen molar-refractivity contribution in [1.29, 1.82) is 0 Å². The van der Waals surface area contributed by atoms with Gasteiger partial charge in [-0.1, -0.05) is 65.8 Å². The maximum Gasteiger partial charge on any atom is 0.326 e. The molecule has 38 heavy (non-hydrogen) atoms.